The van der Waals surface area contributed by atoms with Crippen LogP contribution in [0.3, 0.4) is 0 Å². The van der Waals surface area contributed by atoms with E-state index < -0.39 is 0 Å². The molecule has 2 aromatic heterocycles. The Balaban J connectivity index is 1.37. The van der Waals surface area contributed by atoms with Crippen LogP contribution in [-0.2, 0) is 17.8 Å². The molecule has 0 unspecified atom stereocenters. The van der Waals surface area contributed by atoms with Crippen molar-refractivity contribution in [2.75, 3.05) is 18.0 Å². The highest BCUT2D eigenvalue weighted by molar-refractivity contribution is 5.86. The van der Waals surface area contributed by atoms with E-state index in [1.807, 2.05) is 30.3 Å². The summed E-state index contributed by atoms with van der Waals surface area (Å²) in [5.74, 6) is 1.42. The number of piperidine rings is 1. The number of nitrogens with zero attached hydrogens (tertiary/aromatic N) is 4. The molecule has 3 aromatic rings. The SMILES string of the molecule is O=C(Cc1noc2ccccc12)NCc1nccc(N2CCCCC2)n1. The fraction of sp³-hybridized carbons (Fsp3) is 0.368. The van der Waals surface area contributed by atoms with Gasteiger partial charge in [-0.2, -0.15) is 0 Å². The number of nitrogens with one attached hydrogen (secondary N) is 1. The normalized spacial score (nSPS) is 14.5. The minimum Gasteiger partial charge on any atom is -0.357 e. The molecule has 0 atom stereocenters. The molecule has 134 valence electrons. The molecule has 26 heavy (non-hydrogen) atoms. The van der Waals surface area contributed by atoms with Gasteiger partial charge in [0, 0.05) is 24.7 Å². The van der Waals surface area contributed by atoms with Gasteiger partial charge in [-0.15, -0.1) is 0 Å². The van der Waals surface area contributed by atoms with Gasteiger partial charge in [0.05, 0.1) is 13.0 Å². The third-order valence-corrected chi connectivity index (χ3v) is 4.59. The first kappa shape index (κ1) is 16.5. The number of hydrogen-bond donors (Lipinski definition) is 1. The van der Waals surface area contributed by atoms with Gasteiger partial charge in [0.1, 0.15) is 17.3 Å². The van der Waals surface area contributed by atoms with Crippen LogP contribution in [0.2, 0.25) is 0 Å². The molecule has 0 saturated carbocycles. The molecule has 0 bridgehead atoms. The van der Waals surface area contributed by atoms with Crippen molar-refractivity contribution >= 4 is 22.7 Å². The third kappa shape index (κ3) is 3.66. The smallest absolute Gasteiger partial charge is 0.226 e. The van der Waals surface area contributed by atoms with Gasteiger partial charge < -0.3 is 14.7 Å². The highest BCUT2D eigenvalue weighted by atomic mass is 16.5. The predicted octanol–water partition coefficient (Wildman–Crippen LogP) is 2.47. The fourth-order valence-corrected chi connectivity index (χ4v) is 3.23. The Morgan fingerprint density at radius 2 is 2.00 bits per heavy atom. The molecule has 1 N–H and O–H groups in total. The van der Waals surface area contributed by atoms with Crippen molar-refractivity contribution in [3.8, 4) is 0 Å². The average molecular weight is 351 g/mol. The van der Waals surface area contributed by atoms with Gasteiger partial charge >= 0.3 is 0 Å². The summed E-state index contributed by atoms with van der Waals surface area (Å²) in [7, 11) is 0. The molecular formula is C19H21N5O2. The molecule has 7 heteroatoms. The first-order valence-electron chi connectivity index (χ1n) is 8.96. The number of benzene rings is 1. The van der Waals surface area contributed by atoms with Crippen molar-refractivity contribution in [1.29, 1.82) is 0 Å². The highest BCUT2D eigenvalue weighted by Gasteiger charge is 2.14. The van der Waals surface area contributed by atoms with Gasteiger partial charge in [0.2, 0.25) is 5.91 Å². The second-order valence-electron chi connectivity index (χ2n) is 6.46. The first-order chi connectivity index (χ1) is 12.8. The van der Waals surface area contributed by atoms with Crippen LogP contribution in [0.5, 0.6) is 0 Å². The van der Waals surface area contributed by atoms with Crippen LogP contribution in [0.15, 0.2) is 41.1 Å². The minimum absolute atomic E-state index is 0.129. The van der Waals surface area contributed by atoms with E-state index in [2.05, 4.69) is 25.3 Å². The molecule has 1 saturated heterocycles. The number of para-hydroxylation sites is 1. The number of fused-ring (bicyclic) bond motifs is 1. The molecule has 1 fully saturated rings. The van der Waals surface area contributed by atoms with Crippen LogP contribution in [0.25, 0.3) is 11.0 Å². The molecule has 1 amide bonds. The molecule has 3 heterocycles. The maximum absolute atomic E-state index is 12.3. The summed E-state index contributed by atoms with van der Waals surface area (Å²) in [6.45, 7) is 2.36. The molecule has 1 aromatic carbocycles. The van der Waals surface area contributed by atoms with E-state index in [1.165, 1.54) is 19.3 Å². The number of amides is 1. The molecular weight excluding hydrogens is 330 g/mol. The summed E-state index contributed by atoms with van der Waals surface area (Å²) in [5, 5.41) is 7.73. The van der Waals surface area contributed by atoms with Crippen molar-refractivity contribution in [1.82, 2.24) is 20.4 Å². The Hall–Kier alpha value is -2.96. The van der Waals surface area contributed by atoms with Gasteiger partial charge in [0.25, 0.3) is 0 Å². The molecule has 0 spiro atoms. The van der Waals surface area contributed by atoms with E-state index in [0.29, 0.717) is 23.6 Å². The van der Waals surface area contributed by atoms with E-state index in [-0.39, 0.29) is 12.3 Å². The number of rotatable bonds is 5. The summed E-state index contributed by atoms with van der Waals surface area (Å²) in [5.41, 5.74) is 1.33. The Kier molecular flexibility index (Phi) is 4.77. The van der Waals surface area contributed by atoms with Crippen LogP contribution in [0.1, 0.15) is 30.8 Å². The number of carbonyl (C=O) groups excluding carboxylic acids is 1. The summed E-state index contributed by atoms with van der Waals surface area (Å²) in [4.78, 5) is 23.4. The number of anilines is 1. The largest absolute Gasteiger partial charge is 0.357 e. The quantitative estimate of drug-likeness (QED) is 0.760. The molecule has 7 nitrogen and oxygen atoms in total. The second-order valence-corrected chi connectivity index (χ2v) is 6.46. The lowest BCUT2D eigenvalue weighted by Gasteiger charge is -2.27. The van der Waals surface area contributed by atoms with Crippen molar-refractivity contribution in [3.05, 3.63) is 48.0 Å². The summed E-state index contributed by atoms with van der Waals surface area (Å²) in [6.07, 6.45) is 5.59. The standard InChI is InChI=1S/C19H21N5O2/c25-19(12-15-14-6-2-3-7-16(14)26-23-15)21-13-17-20-9-8-18(22-17)24-10-4-1-5-11-24/h2-3,6-9H,1,4-5,10-13H2,(H,21,25). The van der Waals surface area contributed by atoms with Crippen molar-refractivity contribution in [2.45, 2.75) is 32.2 Å². The number of hydrogen-bond acceptors (Lipinski definition) is 6. The lowest BCUT2D eigenvalue weighted by atomic mass is 10.1. The maximum Gasteiger partial charge on any atom is 0.226 e. The van der Waals surface area contributed by atoms with Crippen molar-refractivity contribution < 1.29 is 9.32 Å². The Bertz CT molecular complexity index is 902. The average Bonchev–Trinajstić information content (AvgIpc) is 3.10. The van der Waals surface area contributed by atoms with Crippen LogP contribution in [-0.4, -0.2) is 34.1 Å². The third-order valence-electron chi connectivity index (χ3n) is 4.59. The molecule has 0 aliphatic carbocycles. The molecule has 1 aliphatic heterocycles. The van der Waals surface area contributed by atoms with E-state index in [1.54, 1.807) is 6.20 Å². The molecule has 1 aliphatic rings. The maximum atomic E-state index is 12.3. The van der Waals surface area contributed by atoms with E-state index in [4.69, 9.17) is 4.52 Å². The monoisotopic (exact) mass is 351 g/mol. The van der Waals surface area contributed by atoms with Crippen molar-refractivity contribution in [2.24, 2.45) is 0 Å². The van der Waals surface area contributed by atoms with E-state index >= 15 is 0 Å². The van der Waals surface area contributed by atoms with E-state index in [0.717, 1.165) is 24.3 Å². The van der Waals surface area contributed by atoms with Crippen LogP contribution in [0.4, 0.5) is 5.82 Å². The lowest BCUT2D eigenvalue weighted by Crippen LogP contribution is -2.31. The van der Waals surface area contributed by atoms with Crippen LogP contribution < -0.4 is 10.2 Å². The molecule has 4 rings (SSSR count). The minimum atomic E-state index is -0.129. The van der Waals surface area contributed by atoms with Crippen molar-refractivity contribution in [3.63, 3.8) is 0 Å². The zero-order valence-corrected chi connectivity index (χ0v) is 14.5. The van der Waals surface area contributed by atoms with Gasteiger partial charge in [-0.05, 0) is 37.5 Å². The summed E-state index contributed by atoms with van der Waals surface area (Å²) >= 11 is 0. The van der Waals surface area contributed by atoms with Gasteiger partial charge in [0.15, 0.2) is 5.58 Å². The topological polar surface area (TPSA) is 84.2 Å². The van der Waals surface area contributed by atoms with Crippen LogP contribution in [0, 0.1) is 0 Å². The second kappa shape index (κ2) is 7.51. The Morgan fingerprint density at radius 3 is 2.88 bits per heavy atom. The Morgan fingerprint density at radius 1 is 1.15 bits per heavy atom. The lowest BCUT2D eigenvalue weighted by molar-refractivity contribution is -0.120. The van der Waals surface area contributed by atoms with Gasteiger partial charge in [-0.25, -0.2) is 9.97 Å². The number of aromatic nitrogens is 3. The molecule has 0 radical (unpaired) electrons. The zero-order valence-electron chi connectivity index (χ0n) is 14.5. The Labute approximate surface area is 151 Å². The fourth-order valence-electron chi connectivity index (χ4n) is 3.23. The highest BCUT2D eigenvalue weighted by Crippen LogP contribution is 2.18. The summed E-state index contributed by atoms with van der Waals surface area (Å²) < 4.78 is 5.24. The van der Waals surface area contributed by atoms with Crippen LogP contribution >= 0.6 is 0 Å². The zero-order chi connectivity index (χ0) is 17.8. The summed E-state index contributed by atoms with van der Waals surface area (Å²) in [6, 6.07) is 9.45. The number of carbonyl (C=O) groups is 1. The van der Waals surface area contributed by atoms with Gasteiger partial charge in [-0.3, -0.25) is 4.79 Å². The first-order valence-corrected chi connectivity index (χ1v) is 8.96. The predicted molar refractivity (Wildman–Crippen MR) is 97.7 cm³/mol. The van der Waals surface area contributed by atoms with E-state index in [9.17, 15) is 4.79 Å². The van der Waals surface area contributed by atoms with Gasteiger partial charge in [-0.1, -0.05) is 17.3 Å².